The largest absolute Gasteiger partial charge is 0.457 e. The van der Waals surface area contributed by atoms with Crippen molar-refractivity contribution in [1.29, 1.82) is 0 Å². The number of fused-ring (bicyclic) bond motifs is 1. The summed E-state index contributed by atoms with van der Waals surface area (Å²) in [5, 5.41) is 5.58. The van der Waals surface area contributed by atoms with Crippen molar-refractivity contribution >= 4 is 23.0 Å². The van der Waals surface area contributed by atoms with Crippen LogP contribution in [0.1, 0.15) is 25.5 Å². The molecule has 152 valence electrons. The monoisotopic (exact) mass is 397 g/mol. The SMILES string of the molecule is CCOCOCc1ccc(-c2cnc3ccc(NC(=O)NCC4CC4)nc3n2)o1. The van der Waals surface area contributed by atoms with E-state index in [-0.39, 0.29) is 12.8 Å². The van der Waals surface area contributed by atoms with Crippen LogP contribution in [-0.2, 0) is 16.1 Å². The smallest absolute Gasteiger partial charge is 0.320 e. The second kappa shape index (κ2) is 8.97. The third kappa shape index (κ3) is 5.27. The summed E-state index contributed by atoms with van der Waals surface area (Å²) < 4.78 is 16.3. The average Bonchev–Trinajstić information content (AvgIpc) is 3.45. The summed E-state index contributed by atoms with van der Waals surface area (Å²) in [5.74, 6) is 2.26. The third-order valence-corrected chi connectivity index (χ3v) is 4.43. The van der Waals surface area contributed by atoms with Gasteiger partial charge in [0.05, 0.1) is 6.20 Å². The number of aromatic nitrogens is 3. The molecular formula is C20H23N5O4. The molecule has 0 aliphatic heterocycles. The normalized spacial score (nSPS) is 13.6. The van der Waals surface area contributed by atoms with Gasteiger partial charge in [-0.1, -0.05) is 0 Å². The lowest BCUT2D eigenvalue weighted by Crippen LogP contribution is -2.30. The average molecular weight is 397 g/mol. The van der Waals surface area contributed by atoms with Crippen LogP contribution in [0.15, 0.2) is 34.9 Å². The molecule has 0 aromatic carbocycles. The quantitative estimate of drug-likeness (QED) is 0.421. The van der Waals surface area contributed by atoms with E-state index in [2.05, 4.69) is 25.6 Å². The number of hydrogen-bond donors (Lipinski definition) is 2. The molecule has 0 unspecified atom stereocenters. The van der Waals surface area contributed by atoms with E-state index in [9.17, 15) is 4.79 Å². The van der Waals surface area contributed by atoms with Gasteiger partial charge in [-0.15, -0.1) is 0 Å². The Hall–Kier alpha value is -3.04. The maximum absolute atomic E-state index is 12.0. The highest BCUT2D eigenvalue weighted by Crippen LogP contribution is 2.27. The maximum Gasteiger partial charge on any atom is 0.320 e. The lowest BCUT2D eigenvalue weighted by molar-refractivity contribution is -0.0613. The van der Waals surface area contributed by atoms with E-state index in [1.165, 1.54) is 12.8 Å². The lowest BCUT2D eigenvalue weighted by atomic mass is 10.3. The second-order valence-electron chi connectivity index (χ2n) is 6.80. The van der Waals surface area contributed by atoms with E-state index >= 15 is 0 Å². The van der Waals surface area contributed by atoms with Crippen LogP contribution in [0.25, 0.3) is 22.6 Å². The van der Waals surface area contributed by atoms with Gasteiger partial charge < -0.3 is 19.2 Å². The lowest BCUT2D eigenvalue weighted by Gasteiger charge is -2.07. The van der Waals surface area contributed by atoms with Crippen LogP contribution in [0.3, 0.4) is 0 Å². The molecule has 4 rings (SSSR count). The highest BCUT2D eigenvalue weighted by molar-refractivity contribution is 5.89. The number of anilines is 1. The van der Waals surface area contributed by atoms with Gasteiger partial charge in [0, 0.05) is 13.2 Å². The molecule has 1 aliphatic carbocycles. The highest BCUT2D eigenvalue weighted by Gasteiger charge is 2.21. The Morgan fingerprint density at radius 3 is 2.93 bits per heavy atom. The fourth-order valence-corrected chi connectivity index (χ4v) is 2.68. The molecule has 1 fully saturated rings. The van der Waals surface area contributed by atoms with Gasteiger partial charge in [-0.3, -0.25) is 10.3 Å². The Morgan fingerprint density at radius 1 is 1.21 bits per heavy atom. The number of nitrogens with one attached hydrogen (secondary N) is 2. The molecule has 2 amide bonds. The molecule has 3 heterocycles. The molecule has 1 aliphatic rings. The number of amides is 2. The van der Waals surface area contributed by atoms with Crippen molar-refractivity contribution in [1.82, 2.24) is 20.3 Å². The predicted molar refractivity (Wildman–Crippen MR) is 106 cm³/mol. The zero-order chi connectivity index (χ0) is 20.1. The molecule has 1 saturated carbocycles. The van der Waals surface area contributed by atoms with Crippen molar-refractivity contribution in [3.63, 3.8) is 0 Å². The third-order valence-electron chi connectivity index (χ3n) is 4.43. The number of carbonyl (C=O) groups is 1. The van der Waals surface area contributed by atoms with Gasteiger partial charge in [-0.2, -0.15) is 0 Å². The van der Waals surface area contributed by atoms with E-state index in [0.29, 0.717) is 59.9 Å². The molecule has 29 heavy (non-hydrogen) atoms. The minimum absolute atomic E-state index is 0.218. The Labute approximate surface area is 167 Å². The van der Waals surface area contributed by atoms with Crippen LogP contribution < -0.4 is 10.6 Å². The van der Waals surface area contributed by atoms with Gasteiger partial charge >= 0.3 is 6.03 Å². The fraction of sp³-hybridized carbons (Fsp3) is 0.400. The van der Waals surface area contributed by atoms with E-state index in [0.717, 1.165) is 0 Å². The molecule has 0 bridgehead atoms. The van der Waals surface area contributed by atoms with Crippen molar-refractivity contribution in [2.24, 2.45) is 5.92 Å². The molecule has 0 spiro atoms. The Morgan fingerprint density at radius 2 is 2.10 bits per heavy atom. The first kappa shape index (κ1) is 19.3. The number of pyridine rings is 1. The fourth-order valence-electron chi connectivity index (χ4n) is 2.68. The minimum Gasteiger partial charge on any atom is -0.457 e. The Kier molecular flexibility index (Phi) is 5.97. The number of ether oxygens (including phenoxy) is 2. The number of furan rings is 1. The van der Waals surface area contributed by atoms with Gasteiger partial charge in [-0.05, 0) is 49.9 Å². The van der Waals surface area contributed by atoms with Crippen LogP contribution >= 0.6 is 0 Å². The van der Waals surface area contributed by atoms with Crippen LogP contribution in [0.4, 0.5) is 10.6 Å². The first-order chi connectivity index (χ1) is 14.2. The minimum atomic E-state index is -0.268. The summed E-state index contributed by atoms with van der Waals surface area (Å²) in [5.41, 5.74) is 1.61. The van der Waals surface area contributed by atoms with Gasteiger partial charge in [-0.25, -0.2) is 14.8 Å². The predicted octanol–water partition coefficient (Wildman–Crippen LogP) is 3.33. The second-order valence-corrected chi connectivity index (χ2v) is 6.80. The molecule has 3 aromatic heterocycles. The van der Waals surface area contributed by atoms with E-state index in [1.54, 1.807) is 18.3 Å². The van der Waals surface area contributed by atoms with Crippen molar-refractivity contribution in [3.05, 3.63) is 36.2 Å². The molecule has 3 aromatic rings. The summed E-state index contributed by atoms with van der Waals surface area (Å²) in [6, 6.07) is 6.83. The molecule has 9 heteroatoms. The molecule has 2 N–H and O–H groups in total. The van der Waals surface area contributed by atoms with Crippen molar-refractivity contribution in [3.8, 4) is 11.5 Å². The van der Waals surface area contributed by atoms with Crippen LogP contribution in [0, 0.1) is 5.92 Å². The van der Waals surface area contributed by atoms with Gasteiger partial charge in [0.1, 0.15) is 36.2 Å². The molecule has 0 saturated heterocycles. The van der Waals surface area contributed by atoms with E-state index in [1.807, 2.05) is 19.1 Å². The first-order valence-electron chi connectivity index (χ1n) is 9.64. The van der Waals surface area contributed by atoms with Crippen molar-refractivity contribution < 1.29 is 18.7 Å². The van der Waals surface area contributed by atoms with Crippen LogP contribution in [-0.4, -0.2) is 40.9 Å². The van der Waals surface area contributed by atoms with Crippen molar-refractivity contribution in [2.75, 3.05) is 25.3 Å². The molecule has 9 nitrogen and oxygen atoms in total. The number of urea groups is 1. The summed E-state index contributed by atoms with van der Waals surface area (Å²) in [4.78, 5) is 25.3. The standard InChI is InChI=1S/C20H23N5O4/c1-2-27-12-28-11-14-5-7-17(29-14)16-10-21-15-6-8-18(24-19(15)23-16)25-20(26)22-9-13-3-4-13/h5-8,10,13H,2-4,9,11-12H2,1H3,(H2,22,23,24,25,26). The van der Waals surface area contributed by atoms with Gasteiger partial charge in [0.2, 0.25) is 0 Å². The molecule has 0 radical (unpaired) electrons. The summed E-state index contributed by atoms with van der Waals surface area (Å²) in [7, 11) is 0. The van der Waals surface area contributed by atoms with Crippen molar-refractivity contribution in [2.45, 2.75) is 26.4 Å². The maximum atomic E-state index is 12.0. The number of hydrogen-bond acceptors (Lipinski definition) is 7. The number of carbonyl (C=O) groups excluding carboxylic acids is 1. The highest BCUT2D eigenvalue weighted by atomic mass is 16.7. The van der Waals surface area contributed by atoms with Crippen LogP contribution in [0.5, 0.6) is 0 Å². The first-order valence-corrected chi connectivity index (χ1v) is 9.64. The molecule has 0 atom stereocenters. The summed E-state index contributed by atoms with van der Waals surface area (Å²) in [6.07, 6.45) is 3.99. The zero-order valence-corrected chi connectivity index (χ0v) is 16.2. The summed E-state index contributed by atoms with van der Waals surface area (Å²) >= 11 is 0. The van der Waals surface area contributed by atoms with Gasteiger partial charge in [0.25, 0.3) is 0 Å². The van der Waals surface area contributed by atoms with Gasteiger partial charge in [0.15, 0.2) is 11.4 Å². The van der Waals surface area contributed by atoms with E-state index in [4.69, 9.17) is 13.9 Å². The molecular weight excluding hydrogens is 374 g/mol. The Balaban J connectivity index is 1.43. The zero-order valence-electron chi connectivity index (χ0n) is 16.2. The van der Waals surface area contributed by atoms with E-state index < -0.39 is 0 Å². The Bertz CT molecular complexity index is 986. The topological polar surface area (TPSA) is 111 Å². The summed E-state index contributed by atoms with van der Waals surface area (Å²) in [6.45, 7) is 3.72. The van der Waals surface area contributed by atoms with Crippen LogP contribution in [0.2, 0.25) is 0 Å². The number of rotatable bonds is 9. The number of nitrogens with zero attached hydrogens (tertiary/aromatic N) is 3.